The van der Waals surface area contributed by atoms with Crippen LogP contribution in [-0.4, -0.2) is 50.6 Å². The third-order valence-corrected chi connectivity index (χ3v) is 7.54. The van der Waals surface area contributed by atoms with Crippen molar-refractivity contribution in [2.75, 3.05) is 13.1 Å². The molecule has 7 nitrogen and oxygen atoms in total. The van der Waals surface area contributed by atoms with E-state index in [0.29, 0.717) is 13.1 Å². The Morgan fingerprint density at radius 3 is 2.96 bits per heavy atom. The summed E-state index contributed by atoms with van der Waals surface area (Å²) < 4.78 is 29.0. The van der Waals surface area contributed by atoms with Crippen LogP contribution in [0.25, 0.3) is 22.1 Å². The summed E-state index contributed by atoms with van der Waals surface area (Å²) in [6.45, 7) is 1.18. The summed E-state index contributed by atoms with van der Waals surface area (Å²) in [7, 11) is -3.12. The van der Waals surface area contributed by atoms with Gasteiger partial charge in [0.2, 0.25) is 10.0 Å². The topological polar surface area (TPSA) is 83.9 Å². The first-order valence-electron chi connectivity index (χ1n) is 8.42. The highest BCUT2D eigenvalue weighted by molar-refractivity contribution is 7.90. The minimum Gasteiger partial charge on any atom is -0.346 e. The van der Waals surface area contributed by atoms with Gasteiger partial charge in [0.25, 0.3) is 0 Å². The summed E-state index contributed by atoms with van der Waals surface area (Å²) >= 11 is 0. The quantitative estimate of drug-likeness (QED) is 0.788. The van der Waals surface area contributed by atoms with E-state index >= 15 is 0 Å². The van der Waals surface area contributed by atoms with Gasteiger partial charge >= 0.3 is 0 Å². The van der Waals surface area contributed by atoms with E-state index in [0.717, 1.165) is 47.8 Å². The standard InChI is InChI=1S/C16H19N5O2S.H2/c22-24(23,12-3-4-12)20-7-1-2-11(9-20)21-10-19-14-8-18-16-13(15(14)21)5-6-17-16;/h5-6,8,10-12H,1-4,7,9H2,(H,17,18);1H. The number of hydrogen-bond acceptors (Lipinski definition) is 4. The Bertz CT molecular complexity index is 1020. The van der Waals surface area contributed by atoms with Gasteiger partial charge < -0.3 is 9.55 Å². The lowest BCUT2D eigenvalue weighted by Crippen LogP contribution is -2.42. The number of nitrogens with zero attached hydrogens (tertiary/aromatic N) is 4. The molecule has 8 heteroatoms. The Morgan fingerprint density at radius 2 is 2.12 bits per heavy atom. The second-order valence-corrected chi connectivity index (χ2v) is 9.00. The van der Waals surface area contributed by atoms with E-state index in [1.54, 1.807) is 10.5 Å². The van der Waals surface area contributed by atoms with Crippen LogP contribution in [0.3, 0.4) is 0 Å². The molecule has 3 aromatic rings. The highest BCUT2D eigenvalue weighted by atomic mass is 32.2. The molecule has 1 aliphatic heterocycles. The average Bonchev–Trinajstić information content (AvgIpc) is 3.20. The molecule has 1 saturated heterocycles. The molecule has 128 valence electrons. The number of nitrogens with one attached hydrogen (secondary N) is 1. The Kier molecular flexibility index (Phi) is 3.02. The van der Waals surface area contributed by atoms with Gasteiger partial charge in [0, 0.05) is 32.1 Å². The molecule has 0 radical (unpaired) electrons. The number of H-pyrrole nitrogens is 1. The van der Waals surface area contributed by atoms with E-state index in [2.05, 4.69) is 19.5 Å². The summed E-state index contributed by atoms with van der Waals surface area (Å²) in [5.41, 5.74) is 2.73. The van der Waals surface area contributed by atoms with E-state index in [9.17, 15) is 8.42 Å². The van der Waals surface area contributed by atoms with E-state index in [-0.39, 0.29) is 12.7 Å². The second kappa shape index (κ2) is 5.03. The summed E-state index contributed by atoms with van der Waals surface area (Å²) in [6, 6.07) is 2.13. The molecule has 5 rings (SSSR count). The SMILES string of the molecule is O=S(=O)(C1CC1)N1CCCC(n2cnc3cnc4[nH]ccc4c32)C1.[HH]. The Morgan fingerprint density at radius 1 is 1.25 bits per heavy atom. The van der Waals surface area contributed by atoms with Crippen LogP contribution in [0, 0.1) is 0 Å². The molecule has 1 saturated carbocycles. The van der Waals surface area contributed by atoms with Crippen LogP contribution < -0.4 is 0 Å². The zero-order valence-electron chi connectivity index (χ0n) is 13.2. The Hall–Kier alpha value is -1.93. The number of piperidine rings is 1. The van der Waals surface area contributed by atoms with Gasteiger partial charge in [0.1, 0.15) is 11.2 Å². The van der Waals surface area contributed by atoms with Gasteiger partial charge in [-0.1, -0.05) is 0 Å². The average molecular weight is 347 g/mol. The summed E-state index contributed by atoms with van der Waals surface area (Å²) in [4.78, 5) is 12.0. The number of pyridine rings is 1. The van der Waals surface area contributed by atoms with E-state index in [1.165, 1.54) is 0 Å². The molecule has 1 N–H and O–H groups in total. The molecule has 2 aliphatic rings. The zero-order valence-corrected chi connectivity index (χ0v) is 14.0. The highest BCUT2D eigenvalue weighted by Gasteiger charge is 2.41. The molecule has 0 aromatic carbocycles. The van der Waals surface area contributed by atoms with Crippen LogP contribution in [-0.2, 0) is 10.0 Å². The van der Waals surface area contributed by atoms with Crippen molar-refractivity contribution in [1.29, 1.82) is 0 Å². The van der Waals surface area contributed by atoms with Crippen molar-refractivity contribution < 1.29 is 9.84 Å². The van der Waals surface area contributed by atoms with Crippen LogP contribution in [0.5, 0.6) is 0 Å². The molecular weight excluding hydrogens is 326 g/mol. The van der Waals surface area contributed by atoms with Crippen molar-refractivity contribution in [2.24, 2.45) is 0 Å². The number of aromatic amines is 1. The van der Waals surface area contributed by atoms with Gasteiger partial charge in [-0.2, -0.15) is 4.31 Å². The lowest BCUT2D eigenvalue weighted by molar-refractivity contribution is 0.270. The fourth-order valence-electron chi connectivity index (χ4n) is 3.76. The van der Waals surface area contributed by atoms with E-state index in [4.69, 9.17) is 0 Å². The first-order chi connectivity index (χ1) is 11.6. The van der Waals surface area contributed by atoms with Crippen molar-refractivity contribution in [3.8, 4) is 0 Å². The molecule has 1 aliphatic carbocycles. The van der Waals surface area contributed by atoms with Crippen LogP contribution in [0.15, 0.2) is 24.8 Å². The lowest BCUT2D eigenvalue weighted by Gasteiger charge is -2.33. The fourth-order valence-corrected chi connectivity index (χ4v) is 5.68. The smallest absolute Gasteiger partial charge is 0.217 e. The number of fused-ring (bicyclic) bond motifs is 3. The van der Waals surface area contributed by atoms with Crippen LogP contribution in [0.1, 0.15) is 33.2 Å². The maximum absolute atomic E-state index is 12.6. The molecule has 0 amide bonds. The maximum Gasteiger partial charge on any atom is 0.217 e. The zero-order chi connectivity index (χ0) is 16.3. The summed E-state index contributed by atoms with van der Waals surface area (Å²) in [5.74, 6) is 0. The summed E-state index contributed by atoms with van der Waals surface area (Å²) in [5, 5.41) is 0.892. The van der Waals surface area contributed by atoms with Crippen LogP contribution in [0.2, 0.25) is 0 Å². The van der Waals surface area contributed by atoms with Gasteiger partial charge in [0.05, 0.1) is 23.3 Å². The molecule has 0 bridgehead atoms. The monoisotopic (exact) mass is 347 g/mol. The van der Waals surface area contributed by atoms with Crippen LogP contribution in [0.4, 0.5) is 0 Å². The van der Waals surface area contributed by atoms with Gasteiger partial charge in [-0.15, -0.1) is 0 Å². The van der Waals surface area contributed by atoms with Crippen molar-refractivity contribution >= 4 is 32.1 Å². The molecule has 3 aromatic heterocycles. The third kappa shape index (κ3) is 2.09. The maximum atomic E-state index is 12.6. The summed E-state index contributed by atoms with van der Waals surface area (Å²) in [6.07, 6.45) is 8.95. The van der Waals surface area contributed by atoms with Crippen LogP contribution >= 0.6 is 0 Å². The van der Waals surface area contributed by atoms with Gasteiger partial charge in [0.15, 0.2) is 0 Å². The number of rotatable bonds is 3. The number of imidazole rings is 1. The fraction of sp³-hybridized carbons (Fsp3) is 0.500. The van der Waals surface area contributed by atoms with Gasteiger partial charge in [-0.3, -0.25) is 0 Å². The molecule has 1 unspecified atom stereocenters. The third-order valence-electron chi connectivity index (χ3n) is 5.18. The van der Waals surface area contributed by atoms with Crippen molar-refractivity contribution in [3.63, 3.8) is 0 Å². The van der Waals surface area contributed by atoms with E-state index < -0.39 is 10.0 Å². The minimum absolute atomic E-state index is 0. The first kappa shape index (κ1) is 14.4. The molecule has 4 heterocycles. The number of aromatic nitrogens is 4. The number of hydrogen-bond donors (Lipinski definition) is 1. The normalized spacial score (nSPS) is 23.2. The predicted molar refractivity (Wildman–Crippen MR) is 93.3 cm³/mol. The predicted octanol–water partition coefficient (Wildman–Crippen LogP) is 2.29. The number of sulfonamides is 1. The lowest BCUT2D eigenvalue weighted by atomic mass is 10.1. The highest BCUT2D eigenvalue weighted by Crippen LogP contribution is 2.35. The molecular formula is C16H21N5O2S. The second-order valence-electron chi connectivity index (χ2n) is 6.78. The molecule has 1 atom stereocenters. The molecule has 24 heavy (non-hydrogen) atoms. The molecule has 0 spiro atoms. The minimum atomic E-state index is -3.12. The van der Waals surface area contributed by atoms with Crippen molar-refractivity contribution in [1.82, 2.24) is 23.8 Å². The van der Waals surface area contributed by atoms with Gasteiger partial charge in [-0.05, 0) is 31.7 Å². The van der Waals surface area contributed by atoms with Gasteiger partial charge in [-0.25, -0.2) is 18.4 Å². The Balaban J connectivity index is 0.00000157. The van der Waals surface area contributed by atoms with Crippen molar-refractivity contribution in [2.45, 2.75) is 37.0 Å². The van der Waals surface area contributed by atoms with E-state index in [1.807, 2.05) is 18.6 Å². The first-order valence-corrected chi connectivity index (χ1v) is 9.92. The Labute approximate surface area is 141 Å². The van der Waals surface area contributed by atoms with Crippen molar-refractivity contribution in [3.05, 3.63) is 24.8 Å². The largest absolute Gasteiger partial charge is 0.346 e. The molecule has 2 fully saturated rings.